The summed E-state index contributed by atoms with van der Waals surface area (Å²) < 4.78 is 32.2. The fourth-order valence-corrected chi connectivity index (χ4v) is 2.10. The Morgan fingerprint density at radius 2 is 2.21 bits per heavy atom. The first-order chi connectivity index (χ1) is 6.50. The smallest absolute Gasteiger partial charge is 0.281 e. The molecule has 7 heteroatoms. The zero-order chi connectivity index (χ0) is 10.3. The first kappa shape index (κ1) is 9.10. The Balaban J connectivity index is 2.95. The van der Waals surface area contributed by atoms with Crippen molar-refractivity contribution >= 4 is 15.9 Å². The lowest BCUT2D eigenvalue weighted by Crippen LogP contribution is -2.04. The molecular formula is C7H7N3O3S. The summed E-state index contributed by atoms with van der Waals surface area (Å²) in [6.45, 7) is 1.50. The molecule has 0 spiro atoms. The SMILES string of the molecule is Cc1nc2ncccn2c1S(=O)(=O)O. The molecule has 0 fully saturated rings. The fourth-order valence-electron chi connectivity index (χ4n) is 1.29. The van der Waals surface area contributed by atoms with Crippen LogP contribution in [0.2, 0.25) is 0 Å². The third-order valence-electron chi connectivity index (χ3n) is 1.77. The van der Waals surface area contributed by atoms with E-state index in [9.17, 15) is 8.42 Å². The average Bonchev–Trinajstić information content (AvgIpc) is 2.38. The van der Waals surface area contributed by atoms with Gasteiger partial charge in [-0.2, -0.15) is 8.42 Å². The Morgan fingerprint density at radius 3 is 2.86 bits per heavy atom. The largest absolute Gasteiger partial charge is 0.312 e. The Hall–Kier alpha value is -1.47. The summed E-state index contributed by atoms with van der Waals surface area (Å²) >= 11 is 0. The maximum atomic E-state index is 11.0. The van der Waals surface area contributed by atoms with Crippen LogP contribution in [0.5, 0.6) is 0 Å². The van der Waals surface area contributed by atoms with Crippen LogP contribution in [0.4, 0.5) is 0 Å². The number of rotatable bonds is 1. The predicted molar refractivity (Wildman–Crippen MR) is 47.5 cm³/mol. The summed E-state index contributed by atoms with van der Waals surface area (Å²) in [6.07, 6.45) is 2.97. The summed E-state index contributed by atoms with van der Waals surface area (Å²) in [5, 5.41) is -0.236. The lowest BCUT2D eigenvalue weighted by molar-refractivity contribution is 0.477. The summed E-state index contributed by atoms with van der Waals surface area (Å²) in [5.74, 6) is 0.248. The van der Waals surface area contributed by atoms with Gasteiger partial charge >= 0.3 is 10.1 Å². The topological polar surface area (TPSA) is 84.6 Å². The molecule has 2 aromatic heterocycles. The second-order valence-electron chi connectivity index (χ2n) is 2.77. The van der Waals surface area contributed by atoms with Crippen molar-refractivity contribution in [2.24, 2.45) is 0 Å². The number of hydrogen-bond donors (Lipinski definition) is 1. The lowest BCUT2D eigenvalue weighted by atomic mass is 10.6. The van der Waals surface area contributed by atoms with E-state index in [2.05, 4.69) is 9.97 Å². The van der Waals surface area contributed by atoms with Gasteiger partial charge in [-0.15, -0.1) is 0 Å². The first-order valence-corrected chi connectivity index (χ1v) is 5.21. The highest BCUT2D eigenvalue weighted by atomic mass is 32.2. The highest BCUT2D eigenvalue weighted by Crippen LogP contribution is 2.14. The summed E-state index contributed by atoms with van der Waals surface area (Å²) in [6, 6.07) is 1.56. The van der Waals surface area contributed by atoms with Gasteiger partial charge in [0, 0.05) is 12.4 Å². The minimum absolute atomic E-state index is 0.228. The van der Waals surface area contributed by atoms with Crippen LogP contribution in [-0.4, -0.2) is 27.3 Å². The molecule has 0 aliphatic rings. The Bertz CT molecular complexity index is 587. The molecule has 14 heavy (non-hydrogen) atoms. The molecule has 2 aromatic rings. The normalized spacial score (nSPS) is 12.1. The quantitative estimate of drug-likeness (QED) is 0.688. The van der Waals surface area contributed by atoms with E-state index in [1.165, 1.54) is 23.7 Å². The summed E-state index contributed by atoms with van der Waals surface area (Å²) in [4.78, 5) is 7.74. The molecule has 0 aliphatic heterocycles. The average molecular weight is 213 g/mol. The van der Waals surface area contributed by atoms with E-state index >= 15 is 0 Å². The van der Waals surface area contributed by atoms with E-state index in [0.717, 1.165) is 0 Å². The zero-order valence-corrected chi connectivity index (χ0v) is 8.06. The van der Waals surface area contributed by atoms with Gasteiger partial charge in [0.2, 0.25) is 5.78 Å². The van der Waals surface area contributed by atoms with Crippen molar-refractivity contribution in [3.8, 4) is 0 Å². The van der Waals surface area contributed by atoms with Crippen LogP contribution >= 0.6 is 0 Å². The zero-order valence-electron chi connectivity index (χ0n) is 7.25. The molecule has 0 aromatic carbocycles. The third kappa shape index (κ3) is 1.26. The van der Waals surface area contributed by atoms with E-state index in [4.69, 9.17) is 4.55 Å². The second kappa shape index (κ2) is 2.76. The molecule has 1 N–H and O–H groups in total. The van der Waals surface area contributed by atoms with E-state index in [-0.39, 0.29) is 16.5 Å². The molecule has 0 radical (unpaired) electrons. The number of aryl methyl sites for hydroxylation is 1. The van der Waals surface area contributed by atoms with Crippen LogP contribution in [0.15, 0.2) is 23.5 Å². The van der Waals surface area contributed by atoms with Gasteiger partial charge in [-0.3, -0.25) is 8.95 Å². The molecular weight excluding hydrogens is 206 g/mol. The minimum atomic E-state index is -4.26. The number of fused-ring (bicyclic) bond motifs is 1. The van der Waals surface area contributed by atoms with Crippen molar-refractivity contribution in [2.45, 2.75) is 11.9 Å². The fraction of sp³-hybridized carbons (Fsp3) is 0.143. The van der Waals surface area contributed by atoms with Crippen LogP contribution in [0.25, 0.3) is 5.78 Å². The van der Waals surface area contributed by atoms with Crippen molar-refractivity contribution < 1.29 is 13.0 Å². The van der Waals surface area contributed by atoms with Crippen LogP contribution in [0.1, 0.15) is 5.69 Å². The first-order valence-electron chi connectivity index (χ1n) is 3.77. The maximum Gasteiger partial charge on any atom is 0.312 e. The van der Waals surface area contributed by atoms with E-state index in [1.54, 1.807) is 6.07 Å². The van der Waals surface area contributed by atoms with Crippen LogP contribution in [-0.2, 0) is 10.1 Å². The molecule has 0 unspecified atom stereocenters. The molecule has 2 heterocycles. The number of aromatic nitrogens is 3. The number of nitrogens with zero attached hydrogens (tertiary/aromatic N) is 3. The predicted octanol–water partition coefficient (Wildman–Crippen LogP) is 0.284. The minimum Gasteiger partial charge on any atom is -0.281 e. The molecule has 0 aliphatic carbocycles. The maximum absolute atomic E-state index is 11.0. The van der Waals surface area contributed by atoms with Crippen molar-refractivity contribution in [3.05, 3.63) is 24.2 Å². The highest BCUT2D eigenvalue weighted by Gasteiger charge is 2.20. The van der Waals surface area contributed by atoms with E-state index in [0.29, 0.717) is 0 Å². The molecule has 0 saturated carbocycles. The van der Waals surface area contributed by atoms with Gasteiger partial charge in [-0.05, 0) is 13.0 Å². The van der Waals surface area contributed by atoms with E-state index < -0.39 is 10.1 Å². The van der Waals surface area contributed by atoms with Gasteiger partial charge in [0.25, 0.3) is 0 Å². The van der Waals surface area contributed by atoms with Crippen LogP contribution < -0.4 is 0 Å². The molecule has 0 amide bonds. The molecule has 0 atom stereocenters. The van der Waals surface area contributed by atoms with Crippen LogP contribution in [0.3, 0.4) is 0 Å². The monoisotopic (exact) mass is 213 g/mol. The van der Waals surface area contributed by atoms with Gasteiger partial charge in [0.15, 0.2) is 5.03 Å². The van der Waals surface area contributed by atoms with Gasteiger partial charge in [0.05, 0.1) is 5.69 Å². The summed E-state index contributed by atoms with van der Waals surface area (Å²) in [7, 11) is -4.26. The van der Waals surface area contributed by atoms with Gasteiger partial charge in [-0.25, -0.2) is 9.97 Å². The Kier molecular flexibility index (Phi) is 1.79. The van der Waals surface area contributed by atoms with Crippen molar-refractivity contribution in [2.75, 3.05) is 0 Å². The standard InChI is InChI=1S/C7H7N3O3S/c1-5-6(14(11,12)13)10-4-2-3-8-7(10)9-5/h2-4H,1H3,(H,11,12,13). The Labute approximate surface area is 80.0 Å². The number of imidazole rings is 1. The van der Waals surface area contributed by atoms with E-state index in [1.807, 2.05) is 0 Å². The molecule has 74 valence electrons. The van der Waals surface area contributed by atoms with Gasteiger partial charge in [-0.1, -0.05) is 0 Å². The van der Waals surface area contributed by atoms with Gasteiger partial charge < -0.3 is 0 Å². The molecule has 6 nitrogen and oxygen atoms in total. The van der Waals surface area contributed by atoms with Crippen LogP contribution in [0, 0.1) is 6.92 Å². The third-order valence-corrected chi connectivity index (χ3v) is 2.75. The summed E-state index contributed by atoms with van der Waals surface area (Å²) in [5.41, 5.74) is 0.228. The molecule has 2 rings (SSSR count). The van der Waals surface area contributed by atoms with Crippen molar-refractivity contribution in [1.29, 1.82) is 0 Å². The highest BCUT2D eigenvalue weighted by molar-refractivity contribution is 7.85. The molecule has 0 bridgehead atoms. The lowest BCUT2D eigenvalue weighted by Gasteiger charge is -1.96. The Morgan fingerprint density at radius 1 is 1.50 bits per heavy atom. The van der Waals surface area contributed by atoms with Gasteiger partial charge in [0.1, 0.15) is 0 Å². The second-order valence-corrected chi connectivity index (χ2v) is 4.10. The van der Waals surface area contributed by atoms with Crippen molar-refractivity contribution in [1.82, 2.24) is 14.4 Å². The molecule has 0 saturated heterocycles. The van der Waals surface area contributed by atoms with Crippen molar-refractivity contribution in [3.63, 3.8) is 0 Å². The number of hydrogen-bond acceptors (Lipinski definition) is 4.